The lowest BCUT2D eigenvalue weighted by atomic mass is 9.92. The fourth-order valence-corrected chi connectivity index (χ4v) is 3.20. The number of rotatable bonds is 3. The van der Waals surface area contributed by atoms with Gasteiger partial charge in [0.25, 0.3) is 0 Å². The zero-order chi connectivity index (χ0) is 15.7. The number of carbonyl (C=O) groups excluding carboxylic acids is 1. The molecule has 0 unspecified atom stereocenters. The van der Waals surface area contributed by atoms with E-state index in [1.165, 1.54) is 0 Å². The predicted octanol–water partition coefficient (Wildman–Crippen LogP) is 3.41. The molecule has 0 spiro atoms. The molecule has 0 bridgehead atoms. The summed E-state index contributed by atoms with van der Waals surface area (Å²) in [5.74, 6) is -2.65. The summed E-state index contributed by atoms with van der Waals surface area (Å²) in [6.07, 6.45) is 2.69. The number of hydrogen-bond acceptors (Lipinski definition) is 1. The van der Waals surface area contributed by atoms with Gasteiger partial charge >= 0.3 is 0 Å². The molecule has 0 aliphatic heterocycles. The fraction of sp³-hybridized carbons (Fsp3) is 0.471. The lowest BCUT2D eigenvalue weighted by molar-refractivity contribution is -0.122. The second kappa shape index (κ2) is 5.71. The maximum absolute atomic E-state index is 13.1. The number of alkyl halides is 2. The Morgan fingerprint density at radius 3 is 2.73 bits per heavy atom. The van der Waals surface area contributed by atoms with Crippen LogP contribution >= 0.6 is 0 Å². The van der Waals surface area contributed by atoms with E-state index in [1.807, 2.05) is 42.1 Å². The van der Waals surface area contributed by atoms with Gasteiger partial charge in [0.1, 0.15) is 0 Å². The molecule has 0 radical (unpaired) electrons. The van der Waals surface area contributed by atoms with E-state index in [-0.39, 0.29) is 31.2 Å². The summed E-state index contributed by atoms with van der Waals surface area (Å²) in [4.78, 5) is 12.2. The second-order valence-electron chi connectivity index (χ2n) is 6.16. The Hall–Kier alpha value is -1.91. The molecule has 0 atom stereocenters. The van der Waals surface area contributed by atoms with Gasteiger partial charge < -0.3 is 9.88 Å². The first-order valence-electron chi connectivity index (χ1n) is 7.65. The van der Waals surface area contributed by atoms with Crippen molar-refractivity contribution < 1.29 is 13.6 Å². The molecule has 3 nitrogen and oxygen atoms in total. The first kappa shape index (κ1) is 15.0. The van der Waals surface area contributed by atoms with Crippen molar-refractivity contribution >= 4 is 16.8 Å². The van der Waals surface area contributed by atoms with E-state index in [9.17, 15) is 13.6 Å². The van der Waals surface area contributed by atoms with Gasteiger partial charge in [-0.3, -0.25) is 4.79 Å². The van der Waals surface area contributed by atoms with Gasteiger partial charge in [-0.2, -0.15) is 0 Å². The van der Waals surface area contributed by atoms with Crippen molar-refractivity contribution in [2.24, 2.45) is 7.05 Å². The predicted molar refractivity (Wildman–Crippen MR) is 82.0 cm³/mol. The Bertz CT molecular complexity index is 683. The van der Waals surface area contributed by atoms with E-state index in [0.717, 1.165) is 16.5 Å². The molecule has 118 valence electrons. The minimum absolute atomic E-state index is 0.0911. The molecule has 0 saturated heterocycles. The van der Waals surface area contributed by atoms with Gasteiger partial charge in [0.15, 0.2) is 0 Å². The maximum atomic E-state index is 13.1. The molecule has 1 fully saturated rings. The third kappa shape index (κ3) is 3.13. The number of aromatic nitrogens is 1. The Kier molecular flexibility index (Phi) is 3.89. The molecule has 1 amide bonds. The van der Waals surface area contributed by atoms with E-state index in [0.29, 0.717) is 12.8 Å². The number of benzene rings is 1. The van der Waals surface area contributed by atoms with Crippen molar-refractivity contribution in [3.8, 4) is 0 Å². The zero-order valence-electron chi connectivity index (χ0n) is 12.6. The Morgan fingerprint density at radius 2 is 2.00 bits per heavy atom. The summed E-state index contributed by atoms with van der Waals surface area (Å²) in [6, 6.07) is 7.81. The molecule has 1 heterocycles. The van der Waals surface area contributed by atoms with Crippen molar-refractivity contribution in [2.75, 3.05) is 0 Å². The average molecular weight is 306 g/mol. The molecule has 5 heteroatoms. The number of amides is 1. The van der Waals surface area contributed by atoms with E-state index >= 15 is 0 Å². The van der Waals surface area contributed by atoms with Crippen LogP contribution in [0.25, 0.3) is 10.9 Å². The fourth-order valence-electron chi connectivity index (χ4n) is 3.20. The minimum Gasteiger partial charge on any atom is -0.353 e. The van der Waals surface area contributed by atoms with Gasteiger partial charge in [-0.15, -0.1) is 0 Å². The van der Waals surface area contributed by atoms with Gasteiger partial charge in [-0.1, -0.05) is 18.2 Å². The summed E-state index contributed by atoms with van der Waals surface area (Å²) in [5.41, 5.74) is 2.05. The standard InChI is InChI=1S/C17H20F2N2O/c1-21-11-12(14-4-2-3-5-15(14)21)10-16(22)20-13-6-8-17(18,19)9-7-13/h2-5,11,13H,6-10H2,1H3,(H,20,22). The molecule has 1 aromatic heterocycles. The summed E-state index contributed by atoms with van der Waals surface area (Å²) >= 11 is 0. The number of fused-ring (bicyclic) bond motifs is 1. The molecule has 1 saturated carbocycles. The Balaban J connectivity index is 1.64. The van der Waals surface area contributed by atoms with Crippen LogP contribution in [0.2, 0.25) is 0 Å². The van der Waals surface area contributed by atoms with Crippen molar-refractivity contribution in [1.29, 1.82) is 0 Å². The van der Waals surface area contributed by atoms with Crippen molar-refractivity contribution in [3.05, 3.63) is 36.0 Å². The third-order valence-corrected chi connectivity index (χ3v) is 4.41. The highest BCUT2D eigenvalue weighted by Crippen LogP contribution is 2.33. The first-order chi connectivity index (χ1) is 10.4. The van der Waals surface area contributed by atoms with E-state index in [1.54, 1.807) is 0 Å². The van der Waals surface area contributed by atoms with Crippen molar-refractivity contribution in [3.63, 3.8) is 0 Å². The zero-order valence-corrected chi connectivity index (χ0v) is 12.6. The highest BCUT2D eigenvalue weighted by Gasteiger charge is 2.35. The molecule has 3 rings (SSSR count). The van der Waals surface area contributed by atoms with Crippen LogP contribution in [-0.2, 0) is 18.3 Å². The van der Waals surface area contributed by atoms with Crippen LogP contribution in [0.3, 0.4) is 0 Å². The molecular weight excluding hydrogens is 286 g/mol. The van der Waals surface area contributed by atoms with Gasteiger partial charge in [0, 0.05) is 43.0 Å². The number of hydrogen-bond donors (Lipinski definition) is 1. The molecule has 1 aliphatic carbocycles. The average Bonchev–Trinajstić information content (AvgIpc) is 2.78. The molecular formula is C17H20F2N2O. The molecule has 1 aliphatic rings. The molecule has 1 N–H and O–H groups in total. The van der Waals surface area contributed by atoms with Gasteiger partial charge in [-0.05, 0) is 24.5 Å². The Morgan fingerprint density at radius 1 is 1.32 bits per heavy atom. The van der Waals surface area contributed by atoms with Gasteiger partial charge in [-0.25, -0.2) is 8.78 Å². The van der Waals surface area contributed by atoms with Gasteiger partial charge in [0.2, 0.25) is 11.8 Å². The van der Waals surface area contributed by atoms with Crippen LogP contribution in [0, 0.1) is 0 Å². The topological polar surface area (TPSA) is 34.0 Å². The smallest absolute Gasteiger partial charge is 0.248 e. The summed E-state index contributed by atoms with van der Waals surface area (Å²) in [5, 5.41) is 3.96. The van der Waals surface area contributed by atoms with Crippen LogP contribution in [0.15, 0.2) is 30.5 Å². The number of carbonyl (C=O) groups is 1. The Labute approximate surface area is 128 Å². The number of nitrogens with one attached hydrogen (secondary N) is 1. The monoisotopic (exact) mass is 306 g/mol. The third-order valence-electron chi connectivity index (χ3n) is 4.41. The van der Waals surface area contributed by atoms with Crippen LogP contribution in [0.4, 0.5) is 8.78 Å². The normalized spacial score (nSPS) is 18.5. The lowest BCUT2D eigenvalue weighted by Crippen LogP contribution is -2.40. The number of para-hydroxylation sites is 1. The van der Waals surface area contributed by atoms with Crippen molar-refractivity contribution in [1.82, 2.24) is 9.88 Å². The highest BCUT2D eigenvalue weighted by atomic mass is 19.3. The van der Waals surface area contributed by atoms with Crippen LogP contribution in [-0.4, -0.2) is 22.4 Å². The second-order valence-corrected chi connectivity index (χ2v) is 6.16. The number of nitrogens with zero attached hydrogens (tertiary/aromatic N) is 1. The van der Waals surface area contributed by atoms with E-state index in [2.05, 4.69) is 5.32 Å². The lowest BCUT2D eigenvalue weighted by Gasteiger charge is -2.28. The summed E-state index contributed by atoms with van der Waals surface area (Å²) in [7, 11) is 1.95. The molecule has 22 heavy (non-hydrogen) atoms. The highest BCUT2D eigenvalue weighted by molar-refractivity contribution is 5.89. The number of aryl methyl sites for hydroxylation is 1. The van der Waals surface area contributed by atoms with Crippen LogP contribution in [0.1, 0.15) is 31.2 Å². The SMILES string of the molecule is Cn1cc(CC(=O)NC2CCC(F)(F)CC2)c2ccccc21. The molecule has 1 aromatic carbocycles. The van der Waals surface area contributed by atoms with Gasteiger partial charge in [0.05, 0.1) is 6.42 Å². The quantitative estimate of drug-likeness (QED) is 0.926. The molecule has 2 aromatic rings. The largest absolute Gasteiger partial charge is 0.353 e. The minimum atomic E-state index is -2.56. The summed E-state index contributed by atoms with van der Waals surface area (Å²) < 4.78 is 28.2. The van der Waals surface area contributed by atoms with Crippen LogP contribution < -0.4 is 5.32 Å². The summed E-state index contributed by atoms with van der Waals surface area (Å²) in [6.45, 7) is 0. The van der Waals surface area contributed by atoms with Crippen LogP contribution in [0.5, 0.6) is 0 Å². The van der Waals surface area contributed by atoms with E-state index in [4.69, 9.17) is 0 Å². The van der Waals surface area contributed by atoms with E-state index < -0.39 is 5.92 Å². The van der Waals surface area contributed by atoms with Crippen molar-refractivity contribution in [2.45, 2.75) is 44.1 Å². The maximum Gasteiger partial charge on any atom is 0.248 e. The number of halogens is 2. The first-order valence-corrected chi connectivity index (χ1v) is 7.65.